The topological polar surface area (TPSA) is 49.7 Å². The minimum absolute atomic E-state index is 0.259. The van der Waals surface area contributed by atoms with Crippen LogP contribution in [-0.4, -0.2) is 47.5 Å². The summed E-state index contributed by atoms with van der Waals surface area (Å²) >= 11 is 0. The number of unbranched alkanes of at least 4 members (excludes halogenated alkanes) is 6. The molecule has 0 aliphatic rings. The number of nitrogens with zero attached hydrogens (tertiary/aromatic N) is 1. The van der Waals surface area contributed by atoms with Crippen molar-refractivity contribution < 1.29 is 18.4 Å². The van der Waals surface area contributed by atoms with Gasteiger partial charge in [0.05, 0.1) is 7.11 Å². The highest BCUT2D eigenvalue weighted by Gasteiger charge is 2.37. The lowest BCUT2D eigenvalue weighted by molar-refractivity contribution is 0.0588. The molecule has 38 heavy (non-hydrogen) atoms. The molecule has 1 aromatic heterocycles. The summed E-state index contributed by atoms with van der Waals surface area (Å²) in [6.07, 6.45) is 13.3. The van der Waals surface area contributed by atoms with Crippen LogP contribution in [0.1, 0.15) is 109 Å². The number of esters is 1. The van der Waals surface area contributed by atoms with Crippen LogP contribution >= 0.6 is 0 Å². The Hall–Kier alpha value is -1.16. The van der Waals surface area contributed by atoms with Gasteiger partial charge in [0, 0.05) is 25.5 Å². The number of methoxy groups -OCH3 is 1. The van der Waals surface area contributed by atoms with Gasteiger partial charge >= 0.3 is 5.97 Å². The first-order chi connectivity index (χ1) is 17.5. The van der Waals surface area contributed by atoms with Gasteiger partial charge in [-0.3, -0.25) is 0 Å². The van der Waals surface area contributed by atoms with Crippen molar-refractivity contribution >= 4 is 28.7 Å². The van der Waals surface area contributed by atoms with Crippen LogP contribution in [-0.2, 0) is 20.1 Å². The fourth-order valence-electron chi connectivity index (χ4n) is 3.72. The summed E-state index contributed by atoms with van der Waals surface area (Å²) in [7, 11) is -1.84. The molecule has 0 atom stereocenters. The van der Waals surface area contributed by atoms with Crippen molar-refractivity contribution in [3.63, 3.8) is 0 Å². The van der Waals surface area contributed by atoms with Gasteiger partial charge in [-0.05, 0) is 86.6 Å². The van der Waals surface area contributed by atoms with E-state index in [1.807, 2.05) is 12.1 Å². The number of ether oxygens (including phenoxy) is 1. The molecule has 0 fully saturated rings. The van der Waals surface area contributed by atoms with Gasteiger partial charge in [-0.1, -0.05) is 66.9 Å². The van der Waals surface area contributed by atoms with Gasteiger partial charge in [0.25, 0.3) is 0 Å². The van der Waals surface area contributed by atoms with Gasteiger partial charge in [-0.15, -0.1) is 0 Å². The molecule has 0 amide bonds. The fourth-order valence-corrected chi connectivity index (χ4v) is 5.89. The summed E-state index contributed by atoms with van der Waals surface area (Å²) in [6.45, 7) is 25.5. The zero-order chi connectivity index (χ0) is 29.0. The SMILES string of the molecule is COC(=O)c1ccc(/C=C/CCCCCO[Si](C)(C)C(C)(C)C)n1CCCCCCO[Si](C)(C)C(C)(C)C. The second-order valence-electron chi connectivity index (χ2n) is 13.7. The van der Waals surface area contributed by atoms with Crippen molar-refractivity contribution in [2.24, 2.45) is 0 Å². The minimum atomic E-state index is -1.66. The van der Waals surface area contributed by atoms with E-state index in [9.17, 15) is 4.79 Å². The molecule has 0 aromatic carbocycles. The van der Waals surface area contributed by atoms with Crippen LogP contribution < -0.4 is 0 Å². The Morgan fingerprint density at radius 3 is 1.79 bits per heavy atom. The smallest absolute Gasteiger partial charge is 0.354 e. The lowest BCUT2D eigenvalue weighted by Crippen LogP contribution is -2.40. The van der Waals surface area contributed by atoms with Crippen LogP contribution in [0.5, 0.6) is 0 Å². The third-order valence-electron chi connectivity index (χ3n) is 8.53. The summed E-state index contributed by atoms with van der Waals surface area (Å²) in [6, 6.07) is 3.92. The first-order valence-corrected chi connectivity index (χ1v) is 20.6. The molecule has 0 aliphatic heterocycles. The van der Waals surface area contributed by atoms with E-state index in [1.54, 1.807) is 0 Å². The van der Waals surface area contributed by atoms with Gasteiger partial charge in [-0.2, -0.15) is 0 Å². The molecule has 0 N–H and O–H groups in total. The molecule has 220 valence electrons. The van der Waals surface area contributed by atoms with Crippen LogP contribution in [0.4, 0.5) is 0 Å². The van der Waals surface area contributed by atoms with Crippen molar-refractivity contribution in [3.8, 4) is 0 Å². The van der Waals surface area contributed by atoms with E-state index in [-0.39, 0.29) is 16.0 Å². The second kappa shape index (κ2) is 15.6. The van der Waals surface area contributed by atoms with Gasteiger partial charge in [-0.25, -0.2) is 4.79 Å². The lowest BCUT2D eigenvalue weighted by atomic mass is 10.2. The molecule has 0 saturated heterocycles. The number of carbonyl (C=O) groups is 1. The molecule has 7 heteroatoms. The monoisotopic (exact) mass is 565 g/mol. The van der Waals surface area contributed by atoms with E-state index in [1.165, 1.54) is 13.5 Å². The zero-order valence-corrected chi connectivity index (χ0v) is 28.7. The Kier molecular flexibility index (Phi) is 14.3. The van der Waals surface area contributed by atoms with Gasteiger partial charge < -0.3 is 18.2 Å². The highest BCUT2D eigenvalue weighted by Crippen LogP contribution is 2.37. The van der Waals surface area contributed by atoms with Gasteiger partial charge in [0.15, 0.2) is 16.6 Å². The van der Waals surface area contributed by atoms with E-state index in [4.69, 9.17) is 13.6 Å². The van der Waals surface area contributed by atoms with Crippen molar-refractivity contribution in [2.45, 2.75) is 136 Å². The maximum Gasteiger partial charge on any atom is 0.354 e. The van der Waals surface area contributed by atoms with Gasteiger partial charge in [0.1, 0.15) is 5.69 Å². The zero-order valence-electron chi connectivity index (χ0n) is 26.7. The number of hydrogen-bond donors (Lipinski definition) is 0. The first-order valence-electron chi connectivity index (χ1n) is 14.8. The van der Waals surface area contributed by atoms with Crippen LogP contribution in [0.25, 0.3) is 6.08 Å². The Labute approximate surface area is 237 Å². The summed E-state index contributed by atoms with van der Waals surface area (Å²) < 4.78 is 19.7. The molecule has 1 heterocycles. The van der Waals surface area contributed by atoms with E-state index in [0.717, 1.165) is 70.4 Å². The second-order valence-corrected chi connectivity index (χ2v) is 23.3. The van der Waals surface area contributed by atoms with Crippen LogP contribution in [0, 0.1) is 0 Å². The van der Waals surface area contributed by atoms with Crippen LogP contribution in [0.2, 0.25) is 36.3 Å². The lowest BCUT2D eigenvalue weighted by Gasteiger charge is -2.36. The molecule has 0 radical (unpaired) electrons. The maximum atomic E-state index is 12.3. The number of rotatable bonds is 17. The van der Waals surface area contributed by atoms with Crippen LogP contribution in [0.3, 0.4) is 0 Å². The minimum Gasteiger partial charge on any atom is -0.464 e. The predicted molar refractivity (Wildman–Crippen MR) is 168 cm³/mol. The van der Waals surface area contributed by atoms with Crippen LogP contribution in [0.15, 0.2) is 18.2 Å². The number of hydrogen-bond acceptors (Lipinski definition) is 4. The normalized spacial score (nSPS) is 13.4. The number of carbonyl (C=O) groups excluding carboxylic acids is 1. The molecule has 0 aliphatic carbocycles. The van der Waals surface area contributed by atoms with E-state index < -0.39 is 16.6 Å². The van der Waals surface area contributed by atoms with E-state index in [0.29, 0.717) is 5.69 Å². The maximum absolute atomic E-state index is 12.3. The first kappa shape index (κ1) is 34.9. The molecule has 0 saturated carbocycles. The summed E-state index contributed by atoms with van der Waals surface area (Å²) in [5.41, 5.74) is 1.71. The summed E-state index contributed by atoms with van der Waals surface area (Å²) in [4.78, 5) is 12.3. The van der Waals surface area contributed by atoms with Crippen molar-refractivity contribution in [3.05, 3.63) is 29.6 Å². The largest absolute Gasteiger partial charge is 0.464 e. The van der Waals surface area contributed by atoms with Crippen molar-refractivity contribution in [2.75, 3.05) is 20.3 Å². The highest BCUT2D eigenvalue weighted by atomic mass is 28.4. The molecule has 0 bridgehead atoms. The van der Waals surface area contributed by atoms with E-state index in [2.05, 4.69) is 84.4 Å². The molecule has 0 unspecified atom stereocenters. The molecule has 1 rings (SSSR count). The Morgan fingerprint density at radius 1 is 0.789 bits per heavy atom. The van der Waals surface area contributed by atoms with Gasteiger partial charge in [0.2, 0.25) is 0 Å². The molecule has 5 nitrogen and oxygen atoms in total. The number of allylic oxidation sites excluding steroid dienone is 1. The molecular formula is C31H59NO4Si2. The Morgan fingerprint density at radius 2 is 1.29 bits per heavy atom. The van der Waals surface area contributed by atoms with Crippen molar-refractivity contribution in [1.82, 2.24) is 4.57 Å². The average Bonchev–Trinajstić information content (AvgIpc) is 3.20. The average molecular weight is 566 g/mol. The third-order valence-corrected chi connectivity index (χ3v) is 17.6. The Balaban J connectivity index is 2.47. The number of aromatic nitrogens is 1. The predicted octanol–water partition coefficient (Wildman–Crippen LogP) is 9.45. The molecule has 1 aromatic rings. The fraction of sp³-hybridized carbons (Fsp3) is 0.774. The standard InChI is InChI=1S/C31H59NO4Si2/c1-30(2,3)37(8,9)35-25-19-15-12-13-17-21-27-22-23-28(29(33)34-7)32(27)24-18-14-16-20-26-36-38(10,11)31(4,5)6/h17,21-23H,12-16,18-20,24-26H2,1-11H3/b21-17+. The van der Waals surface area contributed by atoms with Crippen molar-refractivity contribution in [1.29, 1.82) is 0 Å². The Bertz CT molecular complexity index is 860. The highest BCUT2D eigenvalue weighted by molar-refractivity contribution is 6.74. The molecular weight excluding hydrogens is 507 g/mol. The summed E-state index contributed by atoms with van der Waals surface area (Å²) in [5.74, 6) is -0.269. The summed E-state index contributed by atoms with van der Waals surface area (Å²) in [5, 5.41) is 0.529. The molecule has 0 spiro atoms. The quantitative estimate of drug-likeness (QED) is 0.107. The third kappa shape index (κ3) is 11.5. The van der Waals surface area contributed by atoms with E-state index >= 15 is 0 Å².